The summed E-state index contributed by atoms with van der Waals surface area (Å²) >= 11 is 0. The molecule has 6 N–H and O–H groups in total. The third-order valence-corrected chi connectivity index (χ3v) is 5.86. The molecule has 1 fully saturated rings. The van der Waals surface area contributed by atoms with Crippen LogP contribution in [0.4, 0.5) is 11.4 Å². The van der Waals surface area contributed by atoms with Crippen LogP contribution in [-0.2, 0) is 6.54 Å². The van der Waals surface area contributed by atoms with Gasteiger partial charge in [-0.3, -0.25) is 9.89 Å². The highest BCUT2D eigenvalue weighted by molar-refractivity contribution is 6.04. The highest BCUT2D eigenvalue weighted by Gasteiger charge is 2.17. The molecule has 8 nitrogen and oxygen atoms in total. The van der Waals surface area contributed by atoms with Crippen molar-refractivity contribution in [2.75, 3.05) is 37.6 Å². The molecule has 0 amide bonds. The van der Waals surface area contributed by atoms with Gasteiger partial charge in [0.2, 0.25) is 6.79 Å². The van der Waals surface area contributed by atoms with Crippen LogP contribution in [0.5, 0.6) is 11.5 Å². The molecule has 2 aromatic rings. The first-order valence-electron chi connectivity index (χ1n) is 11.0. The number of benzene rings is 2. The minimum absolute atomic E-state index is 0.261. The van der Waals surface area contributed by atoms with Crippen LogP contribution in [0.3, 0.4) is 0 Å². The zero-order valence-electron chi connectivity index (χ0n) is 18.5. The van der Waals surface area contributed by atoms with E-state index in [0.717, 1.165) is 59.8 Å². The lowest BCUT2D eigenvalue weighted by Gasteiger charge is -2.30. The second-order valence-corrected chi connectivity index (χ2v) is 8.29. The summed E-state index contributed by atoms with van der Waals surface area (Å²) in [6.07, 6.45) is 5.58. The van der Waals surface area contributed by atoms with Crippen molar-refractivity contribution in [1.82, 2.24) is 10.2 Å². The molecule has 0 aliphatic carbocycles. The Morgan fingerprint density at radius 2 is 1.97 bits per heavy atom. The Labute approximate surface area is 189 Å². The van der Waals surface area contributed by atoms with E-state index < -0.39 is 0 Å². The first kappa shape index (κ1) is 21.8. The second kappa shape index (κ2) is 10.3. The van der Waals surface area contributed by atoms with Crippen molar-refractivity contribution in [3.63, 3.8) is 0 Å². The van der Waals surface area contributed by atoms with Gasteiger partial charge >= 0.3 is 0 Å². The number of likely N-dealkylation sites (tertiary alicyclic amines) is 1. The van der Waals surface area contributed by atoms with Crippen LogP contribution in [0.25, 0.3) is 0 Å². The summed E-state index contributed by atoms with van der Waals surface area (Å²) in [5, 5.41) is 6.68. The Bertz CT molecular complexity index is 982. The first-order chi connectivity index (χ1) is 15.6. The van der Waals surface area contributed by atoms with Crippen LogP contribution in [0, 0.1) is 5.92 Å². The van der Waals surface area contributed by atoms with Gasteiger partial charge in [0.15, 0.2) is 11.5 Å². The average molecular weight is 437 g/mol. The van der Waals surface area contributed by atoms with Crippen molar-refractivity contribution in [3.05, 3.63) is 59.9 Å². The molecule has 0 saturated carbocycles. The summed E-state index contributed by atoms with van der Waals surface area (Å²) in [6.45, 7) is 5.97. The van der Waals surface area contributed by atoms with Gasteiger partial charge < -0.3 is 31.6 Å². The predicted molar refractivity (Wildman–Crippen MR) is 129 cm³/mol. The Morgan fingerprint density at radius 1 is 1.16 bits per heavy atom. The Morgan fingerprint density at radius 3 is 2.78 bits per heavy atom. The van der Waals surface area contributed by atoms with Gasteiger partial charge in [-0.05, 0) is 54.7 Å². The first-order valence-corrected chi connectivity index (χ1v) is 11.0. The van der Waals surface area contributed by atoms with E-state index in [9.17, 15) is 0 Å². The van der Waals surface area contributed by atoms with Gasteiger partial charge in [-0.15, -0.1) is 0 Å². The number of aliphatic imine (C=N–C) groups is 1. The van der Waals surface area contributed by atoms with E-state index in [1.165, 1.54) is 19.0 Å². The van der Waals surface area contributed by atoms with Crippen molar-refractivity contribution in [2.24, 2.45) is 16.6 Å². The van der Waals surface area contributed by atoms with Gasteiger partial charge in [-0.25, -0.2) is 0 Å². The monoisotopic (exact) mass is 436 g/mol. The average Bonchev–Trinajstić information content (AvgIpc) is 3.28. The van der Waals surface area contributed by atoms with E-state index in [-0.39, 0.29) is 6.79 Å². The number of amidine groups is 1. The molecule has 8 heteroatoms. The molecule has 2 aliphatic rings. The number of nitrogen functional groups attached to an aromatic ring is 1. The fourth-order valence-electron chi connectivity index (χ4n) is 3.85. The van der Waals surface area contributed by atoms with Crippen molar-refractivity contribution >= 4 is 17.2 Å². The van der Waals surface area contributed by atoms with Gasteiger partial charge in [0, 0.05) is 42.4 Å². The number of fused-ring (bicyclic) bond motifs is 1. The molecule has 0 atom stereocenters. The normalized spacial score (nSPS) is 17.1. The molecule has 1 saturated heterocycles. The van der Waals surface area contributed by atoms with E-state index in [1.54, 1.807) is 6.20 Å². The summed E-state index contributed by atoms with van der Waals surface area (Å²) in [5.74, 6) is 3.08. The van der Waals surface area contributed by atoms with Gasteiger partial charge in [-0.1, -0.05) is 13.0 Å². The van der Waals surface area contributed by atoms with E-state index >= 15 is 0 Å². The molecule has 0 spiro atoms. The predicted octanol–water partition coefficient (Wildman–Crippen LogP) is 3.07. The van der Waals surface area contributed by atoms with Gasteiger partial charge in [0.25, 0.3) is 0 Å². The van der Waals surface area contributed by atoms with Crippen LogP contribution in [0.2, 0.25) is 0 Å². The third kappa shape index (κ3) is 5.45. The quantitative estimate of drug-likeness (QED) is 0.300. The topological polar surface area (TPSA) is 110 Å². The fourth-order valence-corrected chi connectivity index (χ4v) is 3.85. The number of piperidine rings is 1. The number of ether oxygens (including phenoxy) is 2. The maximum atomic E-state index is 6.35. The third-order valence-electron chi connectivity index (χ3n) is 5.86. The lowest BCUT2D eigenvalue weighted by atomic mass is 10.00. The molecule has 0 radical (unpaired) electrons. The SMILES string of the molecule is CC1CCN(CNC(=NCc2ccc3c(c2)OCO3)c2cc(N/C=C\N)ccc2N)CC1. The van der Waals surface area contributed by atoms with Crippen LogP contribution in [0.15, 0.2) is 53.8 Å². The summed E-state index contributed by atoms with van der Waals surface area (Å²) in [6, 6.07) is 11.7. The standard InChI is InChI=1S/C24H32N6O2/c1-17-6-10-30(11-7-17)15-29-24(20-13-19(27-9-8-25)3-4-21(20)26)28-14-18-2-5-22-23(12-18)32-16-31-22/h2-5,8-9,12-13,17,27H,6-7,10-11,14-16,25-26H2,1H3,(H,28,29)/b9-8-. The molecule has 0 aromatic heterocycles. The second-order valence-electron chi connectivity index (χ2n) is 8.29. The van der Waals surface area contributed by atoms with Gasteiger partial charge in [0.05, 0.1) is 13.2 Å². The lowest BCUT2D eigenvalue weighted by Crippen LogP contribution is -2.42. The van der Waals surface area contributed by atoms with Crippen LogP contribution < -0.4 is 31.6 Å². The lowest BCUT2D eigenvalue weighted by molar-refractivity contribution is 0.174. The van der Waals surface area contributed by atoms with Gasteiger partial charge in [0.1, 0.15) is 5.84 Å². The van der Waals surface area contributed by atoms with Crippen molar-refractivity contribution < 1.29 is 9.47 Å². The number of nitrogens with one attached hydrogen (secondary N) is 2. The smallest absolute Gasteiger partial charge is 0.231 e. The van der Waals surface area contributed by atoms with Crippen LogP contribution in [-0.4, -0.2) is 37.3 Å². The highest BCUT2D eigenvalue weighted by atomic mass is 16.7. The number of nitrogens with two attached hydrogens (primary N) is 2. The Hall–Kier alpha value is -3.39. The molecule has 2 aromatic carbocycles. The van der Waals surface area contributed by atoms with Gasteiger partial charge in [-0.2, -0.15) is 0 Å². The van der Waals surface area contributed by atoms with Crippen molar-refractivity contribution in [1.29, 1.82) is 0 Å². The Balaban J connectivity index is 1.55. The largest absolute Gasteiger partial charge is 0.454 e. The molecule has 0 unspecified atom stereocenters. The Kier molecular flexibility index (Phi) is 7.01. The number of hydrogen-bond acceptors (Lipinski definition) is 7. The van der Waals surface area contributed by atoms with E-state index in [2.05, 4.69) is 22.5 Å². The van der Waals surface area contributed by atoms with Crippen molar-refractivity contribution in [2.45, 2.75) is 26.3 Å². The number of hydrogen-bond donors (Lipinski definition) is 4. The summed E-state index contributed by atoms with van der Waals surface area (Å²) < 4.78 is 10.9. The molecule has 0 bridgehead atoms. The minimum atomic E-state index is 0.261. The minimum Gasteiger partial charge on any atom is -0.454 e. The maximum Gasteiger partial charge on any atom is 0.231 e. The fraction of sp³-hybridized carbons (Fsp3) is 0.375. The maximum absolute atomic E-state index is 6.35. The summed E-state index contributed by atoms with van der Waals surface area (Å²) in [4.78, 5) is 7.33. The zero-order valence-corrected chi connectivity index (χ0v) is 18.5. The van der Waals surface area contributed by atoms with Crippen molar-refractivity contribution in [3.8, 4) is 11.5 Å². The number of rotatable bonds is 7. The zero-order chi connectivity index (χ0) is 22.3. The molecule has 4 rings (SSSR count). The molecule has 32 heavy (non-hydrogen) atoms. The van der Waals surface area contributed by atoms with Crippen LogP contribution >= 0.6 is 0 Å². The molecule has 2 aliphatic heterocycles. The number of anilines is 2. The summed E-state index contributed by atoms with van der Waals surface area (Å²) in [7, 11) is 0. The molecule has 2 heterocycles. The van der Waals surface area contributed by atoms with Crippen LogP contribution in [0.1, 0.15) is 30.9 Å². The summed E-state index contributed by atoms with van der Waals surface area (Å²) in [5.41, 5.74) is 15.3. The van der Waals surface area contributed by atoms with E-state index in [0.29, 0.717) is 12.2 Å². The van der Waals surface area contributed by atoms with E-state index in [4.69, 9.17) is 25.9 Å². The number of nitrogens with zero attached hydrogens (tertiary/aromatic N) is 2. The highest BCUT2D eigenvalue weighted by Crippen LogP contribution is 2.32. The molecular weight excluding hydrogens is 404 g/mol. The molecular formula is C24H32N6O2. The van der Waals surface area contributed by atoms with E-state index in [1.807, 2.05) is 36.4 Å². The molecule has 170 valence electrons.